The van der Waals surface area contributed by atoms with E-state index < -0.39 is 11.0 Å². The zero-order valence-electron chi connectivity index (χ0n) is 25.6. The Morgan fingerprint density at radius 2 is 1.83 bits per heavy atom. The lowest BCUT2D eigenvalue weighted by Crippen LogP contribution is -2.48. The van der Waals surface area contributed by atoms with Crippen molar-refractivity contribution in [2.45, 2.75) is 91.4 Å². The van der Waals surface area contributed by atoms with Crippen LogP contribution in [0, 0.1) is 10.8 Å². The third-order valence-corrected chi connectivity index (χ3v) is 9.82. The van der Waals surface area contributed by atoms with Crippen LogP contribution in [0.25, 0.3) is 22.3 Å². The highest BCUT2D eigenvalue weighted by molar-refractivity contribution is 6.01. The van der Waals surface area contributed by atoms with Crippen LogP contribution < -0.4 is 4.90 Å². The number of hydrogen-bond acceptors (Lipinski definition) is 5. The zero-order valence-corrected chi connectivity index (χ0v) is 25.6. The molecule has 3 fully saturated rings. The van der Waals surface area contributed by atoms with Crippen LogP contribution in [0.2, 0.25) is 0 Å². The molecular weight excluding hydrogens is 530 g/mol. The number of aromatic nitrogens is 3. The van der Waals surface area contributed by atoms with Crippen LogP contribution in [0.5, 0.6) is 0 Å². The number of nitrogens with one attached hydrogen (secondary N) is 1. The smallest absolute Gasteiger partial charge is 0.410 e. The number of hydrogen-bond donors (Lipinski definition) is 1. The van der Waals surface area contributed by atoms with E-state index in [0.717, 1.165) is 66.7 Å². The predicted molar refractivity (Wildman–Crippen MR) is 161 cm³/mol. The third kappa shape index (κ3) is 4.70. The molecule has 1 aliphatic carbocycles. The monoisotopic (exact) mass is 573 g/mol. The number of H-pyrrole nitrogens is 1. The van der Waals surface area contributed by atoms with E-state index in [4.69, 9.17) is 14.6 Å². The van der Waals surface area contributed by atoms with Crippen molar-refractivity contribution >= 4 is 28.6 Å². The van der Waals surface area contributed by atoms with E-state index in [-0.39, 0.29) is 23.6 Å². The molecule has 7 rings (SSSR count). The second-order valence-corrected chi connectivity index (χ2v) is 14.6. The van der Waals surface area contributed by atoms with Crippen LogP contribution in [0.1, 0.15) is 84.2 Å². The first kappa shape index (κ1) is 27.5. The highest BCUT2D eigenvalue weighted by Gasteiger charge is 2.49. The van der Waals surface area contributed by atoms with Gasteiger partial charge in [-0.1, -0.05) is 19.9 Å². The van der Waals surface area contributed by atoms with Gasteiger partial charge in [-0.2, -0.15) is 5.10 Å². The van der Waals surface area contributed by atoms with Crippen LogP contribution in [0.15, 0.2) is 24.3 Å². The first-order chi connectivity index (χ1) is 19.9. The van der Waals surface area contributed by atoms with Gasteiger partial charge in [0.15, 0.2) is 6.23 Å². The molecule has 9 nitrogen and oxygen atoms in total. The van der Waals surface area contributed by atoms with Gasteiger partial charge in [0.1, 0.15) is 11.3 Å². The standard InChI is InChI=1S/C33H43N5O4/c1-31(2,3)42-30(40)36-14-11-33(12-15-36)13-16-37(29(33)39)22-7-6-21-18-25(34-24(21)19-22)28-23-8-10-32(4,5)20-26(23)38(35-28)27-9-17-41-27/h6-7,18-19,27,34H,8-17,20H2,1-5H3. The van der Waals surface area contributed by atoms with Gasteiger partial charge in [0, 0.05) is 53.9 Å². The molecule has 9 heteroatoms. The maximum atomic E-state index is 13.8. The van der Waals surface area contributed by atoms with Gasteiger partial charge in [0.2, 0.25) is 5.91 Å². The number of nitrogens with zero attached hydrogens (tertiary/aromatic N) is 4. The quantitative estimate of drug-likeness (QED) is 0.402. The minimum Gasteiger partial charge on any atom is -0.444 e. The normalized spacial score (nSPS) is 23.4. The van der Waals surface area contributed by atoms with Crippen molar-refractivity contribution in [3.05, 3.63) is 35.5 Å². The van der Waals surface area contributed by atoms with E-state index in [0.29, 0.717) is 32.5 Å². The molecule has 3 aliphatic heterocycles. The van der Waals surface area contributed by atoms with Crippen molar-refractivity contribution in [2.75, 3.05) is 31.1 Å². The van der Waals surface area contributed by atoms with Crippen LogP contribution in [0.3, 0.4) is 0 Å². The van der Waals surface area contributed by atoms with Crippen molar-refractivity contribution < 1.29 is 19.1 Å². The Kier molecular flexibility index (Phi) is 6.28. The van der Waals surface area contributed by atoms with Crippen LogP contribution in [-0.4, -0.2) is 63.5 Å². The molecule has 1 atom stereocenters. The second-order valence-electron chi connectivity index (χ2n) is 14.6. The first-order valence-corrected chi connectivity index (χ1v) is 15.6. The summed E-state index contributed by atoms with van der Waals surface area (Å²) >= 11 is 0. The Morgan fingerprint density at radius 1 is 1.10 bits per heavy atom. The Morgan fingerprint density at radius 3 is 2.52 bits per heavy atom. The van der Waals surface area contributed by atoms with E-state index in [2.05, 4.69) is 47.8 Å². The van der Waals surface area contributed by atoms with Crippen molar-refractivity contribution in [3.8, 4) is 11.4 Å². The van der Waals surface area contributed by atoms with Crippen LogP contribution >= 0.6 is 0 Å². The maximum absolute atomic E-state index is 13.8. The fraction of sp³-hybridized carbons (Fsp3) is 0.606. The molecule has 5 heterocycles. The maximum Gasteiger partial charge on any atom is 0.410 e. The summed E-state index contributed by atoms with van der Waals surface area (Å²) in [7, 11) is 0. The Hall–Kier alpha value is -3.33. The summed E-state index contributed by atoms with van der Waals surface area (Å²) < 4.78 is 13.6. The summed E-state index contributed by atoms with van der Waals surface area (Å²) in [5.74, 6) is 0.174. The molecule has 2 amide bonds. The molecule has 1 aromatic carbocycles. The summed E-state index contributed by atoms with van der Waals surface area (Å²) in [4.78, 5) is 33.7. The second kappa shape index (κ2) is 9.59. The zero-order chi connectivity index (χ0) is 29.4. The largest absolute Gasteiger partial charge is 0.444 e. The molecule has 2 aromatic heterocycles. The average Bonchev–Trinajstić information content (AvgIpc) is 3.56. The molecule has 3 saturated heterocycles. The summed E-state index contributed by atoms with van der Waals surface area (Å²) in [5.41, 5.74) is 5.97. The molecule has 0 saturated carbocycles. The van der Waals surface area contributed by atoms with E-state index in [1.54, 1.807) is 4.90 Å². The molecule has 4 aliphatic rings. The third-order valence-electron chi connectivity index (χ3n) is 9.82. The van der Waals surface area contributed by atoms with Crippen LogP contribution in [0.4, 0.5) is 10.5 Å². The van der Waals surface area contributed by atoms with Crippen molar-refractivity contribution in [1.29, 1.82) is 0 Å². The fourth-order valence-corrected chi connectivity index (χ4v) is 7.21. The Bertz CT molecular complexity index is 1550. The van der Waals surface area contributed by atoms with Crippen molar-refractivity contribution in [3.63, 3.8) is 0 Å². The van der Waals surface area contributed by atoms with Crippen molar-refractivity contribution in [1.82, 2.24) is 19.7 Å². The first-order valence-electron chi connectivity index (χ1n) is 15.6. The van der Waals surface area contributed by atoms with Gasteiger partial charge in [0.25, 0.3) is 0 Å². The van der Waals surface area contributed by atoms with Crippen LogP contribution in [-0.2, 0) is 27.1 Å². The summed E-state index contributed by atoms with van der Waals surface area (Å²) in [6.07, 6.45) is 6.08. The minimum absolute atomic E-state index is 0.0434. The lowest BCUT2D eigenvalue weighted by Gasteiger charge is -2.38. The Labute approximate surface area is 247 Å². The molecule has 1 spiro atoms. The molecular formula is C33H43N5O4. The molecule has 42 heavy (non-hydrogen) atoms. The molecule has 224 valence electrons. The molecule has 1 unspecified atom stereocenters. The number of piperidine rings is 1. The number of benzene rings is 1. The number of carbonyl (C=O) groups is 2. The van der Waals surface area contributed by atoms with E-state index >= 15 is 0 Å². The SMILES string of the molecule is CC1(C)CCc2c(-c3cc4ccc(N5CCC6(CCN(C(=O)OC(C)(C)C)CC6)C5=O)cc4[nH]3)nn(C3CCO3)c2C1. The summed E-state index contributed by atoms with van der Waals surface area (Å²) in [6, 6.07) is 8.46. The van der Waals surface area contributed by atoms with Gasteiger partial charge in [-0.15, -0.1) is 0 Å². The predicted octanol–water partition coefficient (Wildman–Crippen LogP) is 6.22. The van der Waals surface area contributed by atoms with E-state index in [1.807, 2.05) is 25.7 Å². The van der Waals surface area contributed by atoms with E-state index in [9.17, 15) is 9.59 Å². The number of ether oxygens (including phenoxy) is 2. The Balaban J connectivity index is 1.11. The number of carbonyl (C=O) groups excluding carboxylic acids is 2. The number of aromatic amines is 1. The van der Waals surface area contributed by atoms with Gasteiger partial charge in [0.05, 0.1) is 17.7 Å². The van der Waals surface area contributed by atoms with Crippen molar-refractivity contribution in [2.24, 2.45) is 10.8 Å². The fourth-order valence-electron chi connectivity index (χ4n) is 7.21. The molecule has 0 radical (unpaired) electrons. The minimum atomic E-state index is -0.524. The number of rotatable bonds is 3. The van der Waals surface area contributed by atoms with Gasteiger partial charge in [-0.25, -0.2) is 9.48 Å². The summed E-state index contributed by atoms with van der Waals surface area (Å²) in [5, 5.41) is 6.22. The number of likely N-dealkylation sites (tertiary alicyclic amines) is 1. The van der Waals surface area contributed by atoms with Gasteiger partial charge >= 0.3 is 6.09 Å². The molecule has 3 aromatic rings. The molecule has 0 bridgehead atoms. The lowest BCUT2D eigenvalue weighted by molar-refractivity contribution is -0.128. The topological polar surface area (TPSA) is 92.7 Å². The molecule has 1 N–H and O–H groups in total. The van der Waals surface area contributed by atoms with E-state index in [1.165, 1.54) is 11.3 Å². The highest BCUT2D eigenvalue weighted by atomic mass is 16.6. The van der Waals surface area contributed by atoms with Gasteiger partial charge in [-0.05, 0) is 82.9 Å². The number of amides is 2. The van der Waals surface area contributed by atoms with Gasteiger partial charge in [-0.3, -0.25) is 4.79 Å². The number of fused-ring (bicyclic) bond motifs is 2. The van der Waals surface area contributed by atoms with Gasteiger partial charge < -0.3 is 24.3 Å². The lowest BCUT2D eigenvalue weighted by atomic mass is 9.76. The average molecular weight is 574 g/mol. The highest BCUT2D eigenvalue weighted by Crippen LogP contribution is 2.45. The summed E-state index contributed by atoms with van der Waals surface area (Å²) in [6.45, 7) is 12.9. The number of anilines is 1.